The maximum atomic E-state index is 11.7. The van der Waals surface area contributed by atoms with Crippen molar-refractivity contribution in [1.29, 1.82) is 0 Å². The fourth-order valence-electron chi connectivity index (χ4n) is 1.60. The number of aromatic nitrogens is 1. The van der Waals surface area contributed by atoms with E-state index in [1.54, 1.807) is 32.2 Å². The van der Waals surface area contributed by atoms with E-state index in [-0.39, 0.29) is 5.91 Å². The predicted molar refractivity (Wildman–Crippen MR) is 65.1 cm³/mol. The van der Waals surface area contributed by atoms with Gasteiger partial charge in [-0.05, 0) is 19.1 Å². The molecule has 1 aromatic carbocycles. The van der Waals surface area contributed by atoms with E-state index in [2.05, 4.69) is 10.5 Å². The van der Waals surface area contributed by atoms with Crippen molar-refractivity contribution in [1.82, 2.24) is 10.5 Å². The molecule has 0 atom stereocenters. The van der Waals surface area contributed by atoms with Crippen LogP contribution in [0.15, 0.2) is 28.8 Å². The van der Waals surface area contributed by atoms with E-state index >= 15 is 0 Å². The number of hydrogen-bond acceptors (Lipinski definition) is 3. The molecule has 2 aromatic rings. The Balaban J connectivity index is 2.57. The maximum absolute atomic E-state index is 11.7. The molecule has 1 amide bonds. The van der Waals surface area contributed by atoms with Gasteiger partial charge in [0.2, 0.25) is 0 Å². The number of carbonyl (C=O) groups excluding carboxylic acids is 1. The standard InChI is InChI=1S/C12H11ClN2O2/c1-7-10(12(16)14-2)11(15-17-7)8-4-3-5-9(13)6-8/h3-6H,1-2H3,(H,14,16). The van der Waals surface area contributed by atoms with Crippen molar-refractivity contribution < 1.29 is 9.32 Å². The first-order valence-corrected chi connectivity index (χ1v) is 5.45. The normalized spacial score (nSPS) is 10.3. The zero-order chi connectivity index (χ0) is 12.4. The molecule has 5 heteroatoms. The molecule has 0 aliphatic heterocycles. The molecule has 2 rings (SSSR count). The lowest BCUT2D eigenvalue weighted by Crippen LogP contribution is -2.18. The molecule has 0 fully saturated rings. The Kier molecular flexibility index (Phi) is 3.15. The van der Waals surface area contributed by atoms with Gasteiger partial charge in [-0.2, -0.15) is 0 Å². The highest BCUT2D eigenvalue weighted by Crippen LogP contribution is 2.26. The molecular formula is C12H11ClN2O2. The Morgan fingerprint density at radius 3 is 2.88 bits per heavy atom. The summed E-state index contributed by atoms with van der Waals surface area (Å²) in [5, 5.41) is 7.05. The van der Waals surface area contributed by atoms with Gasteiger partial charge in [0.1, 0.15) is 17.0 Å². The molecular weight excluding hydrogens is 240 g/mol. The van der Waals surface area contributed by atoms with E-state index < -0.39 is 0 Å². The quantitative estimate of drug-likeness (QED) is 0.892. The van der Waals surface area contributed by atoms with E-state index in [1.807, 2.05) is 6.07 Å². The molecule has 0 bridgehead atoms. The summed E-state index contributed by atoms with van der Waals surface area (Å²) in [6, 6.07) is 7.13. The van der Waals surface area contributed by atoms with Crippen LogP contribution in [0.25, 0.3) is 11.3 Å². The van der Waals surface area contributed by atoms with Crippen LogP contribution < -0.4 is 5.32 Å². The largest absolute Gasteiger partial charge is 0.360 e. The number of rotatable bonds is 2. The lowest BCUT2D eigenvalue weighted by molar-refractivity contribution is 0.0962. The van der Waals surface area contributed by atoms with Gasteiger partial charge in [-0.25, -0.2) is 0 Å². The van der Waals surface area contributed by atoms with Gasteiger partial charge in [-0.15, -0.1) is 0 Å². The van der Waals surface area contributed by atoms with Gasteiger partial charge in [0, 0.05) is 17.6 Å². The number of amides is 1. The van der Waals surface area contributed by atoms with Crippen molar-refractivity contribution in [3.8, 4) is 11.3 Å². The molecule has 0 unspecified atom stereocenters. The van der Waals surface area contributed by atoms with Crippen molar-refractivity contribution in [3.63, 3.8) is 0 Å². The van der Waals surface area contributed by atoms with Crippen LogP contribution in [0.2, 0.25) is 5.02 Å². The molecule has 0 aliphatic carbocycles. The highest BCUT2D eigenvalue weighted by molar-refractivity contribution is 6.30. The molecule has 1 N–H and O–H groups in total. The maximum Gasteiger partial charge on any atom is 0.256 e. The third kappa shape index (κ3) is 2.17. The number of benzene rings is 1. The number of nitrogens with one attached hydrogen (secondary N) is 1. The van der Waals surface area contributed by atoms with Crippen LogP contribution in [0.1, 0.15) is 16.1 Å². The summed E-state index contributed by atoms with van der Waals surface area (Å²) in [6.07, 6.45) is 0. The van der Waals surface area contributed by atoms with Crippen molar-refractivity contribution >= 4 is 17.5 Å². The Bertz CT molecular complexity index is 563. The van der Waals surface area contributed by atoms with E-state index in [0.29, 0.717) is 22.0 Å². The summed E-state index contributed by atoms with van der Waals surface area (Å²) in [5.41, 5.74) is 1.70. The highest BCUT2D eigenvalue weighted by Gasteiger charge is 2.20. The van der Waals surface area contributed by atoms with Crippen molar-refractivity contribution in [3.05, 3.63) is 40.6 Å². The smallest absolute Gasteiger partial charge is 0.256 e. The van der Waals surface area contributed by atoms with Crippen molar-refractivity contribution in [2.45, 2.75) is 6.92 Å². The van der Waals surface area contributed by atoms with Gasteiger partial charge >= 0.3 is 0 Å². The van der Waals surface area contributed by atoms with Gasteiger partial charge in [-0.1, -0.05) is 28.9 Å². The average Bonchev–Trinajstić information content (AvgIpc) is 2.70. The first kappa shape index (κ1) is 11.7. The Morgan fingerprint density at radius 2 is 2.24 bits per heavy atom. The molecule has 4 nitrogen and oxygen atoms in total. The second-order valence-electron chi connectivity index (χ2n) is 3.55. The zero-order valence-corrected chi connectivity index (χ0v) is 10.2. The molecule has 1 heterocycles. The summed E-state index contributed by atoms with van der Waals surface area (Å²) in [7, 11) is 1.57. The summed E-state index contributed by atoms with van der Waals surface area (Å²) in [4.78, 5) is 11.7. The number of nitrogens with zero attached hydrogens (tertiary/aromatic N) is 1. The molecule has 17 heavy (non-hydrogen) atoms. The average molecular weight is 251 g/mol. The van der Waals surface area contributed by atoms with Crippen LogP contribution in [-0.4, -0.2) is 18.1 Å². The van der Waals surface area contributed by atoms with E-state index in [0.717, 1.165) is 5.56 Å². The van der Waals surface area contributed by atoms with Crippen molar-refractivity contribution in [2.24, 2.45) is 0 Å². The molecule has 0 saturated carbocycles. The number of carbonyl (C=O) groups is 1. The fraction of sp³-hybridized carbons (Fsp3) is 0.167. The predicted octanol–water partition coefficient (Wildman–Crippen LogP) is 2.66. The number of hydrogen-bond donors (Lipinski definition) is 1. The number of halogens is 1. The third-order valence-corrected chi connectivity index (χ3v) is 2.65. The SMILES string of the molecule is CNC(=O)c1c(-c2cccc(Cl)c2)noc1C. The minimum absolute atomic E-state index is 0.223. The summed E-state index contributed by atoms with van der Waals surface area (Å²) >= 11 is 5.91. The van der Waals surface area contributed by atoms with Gasteiger partial charge < -0.3 is 9.84 Å². The zero-order valence-electron chi connectivity index (χ0n) is 9.45. The third-order valence-electron chi connectivity index (χ3n) is 2.41. The van der Waals surface area contributed by atoms with Crippen LogP contribution in [0.3, 0.4) is 0 Å². The summed E-state index contributed by atoms with van der Waals surface area (Å²) in [5.74, 6) is 0.262. The van der Waals surface area contributed by atoms with Crippen LogP contribution in [0, 0.1) is 6.92 Å². The lowest BCUT2D eigenvalue weighted by Gasteiger charge is -2.01. The number of aryl methyl sites for hydroxylation is 1. The van der Waals surface area contributed by atoms with Gasteiger partial charge in [0.15, 0.2) is 0 Å². The Morgan fingerprint density at radius 1 is 1.47 bits per heavy atom. The Hall–Kier alpha value is -1.81. The minimum Gasteiger partial charge on any atom is -0.360 e. The monoisotopic (exact) mass is 250 g/mol. The summed E-state index contributed by atoms with van der Waals surface area (Å²) < 4.78 is 5.06. The second-order valence-corrected chi connectivity index (χ2v) is 3.99. The molecule has 0 radical (unpaired) electrons. The van der Waals surface area contributed by atoms with Crippen LogP contribution in [0.4, 0.5) is 0 Å². The minimum atomic E-state index is -0.223. The highest BCUT2D eigenvalue weighted by atomic mass is 35.5. The second kappa shape index (κ2) is 4.59. The van der Waals surface area contributed by atoms with Crippen LogP contribution in [-0.2, 0) is 0 Å². The van der Waals surface area contributed by atoms with Gasteiger partial charge in [0.25, 0.3) is 5.91 Å². The van der Waals surface area contributed by atoms with Crippen LogP contribution >= 0.6 is 11.6 Å². The molecule has 88 valence electrons. The first-order valence-electron chi connectivity index (χ1n) is 5.07. The molecule has 1 aromatic heterocycles. The van der Waals surface area contributed by atoms with Gasteiger partial charge in [-0.3, -0.25) is 4.79 Å². The van der Waals surface area contributed by atoms with E-state index in [4.69, 9.17) is 16.1 Å². The van der Waals surface area contributed by atoms with Crippen LogP contribution in [0.5, 0.6) is 0 Å². The lowest BCUT2D eigenvalue weighted by atomic mass is 10.1. The fourth-order valence-corrected chi connectivity index (χ4v) is 1.79. The first-order chi connectivity index (χ1) is 8.13. The van der Waals surface area contributed by atoms with E-state index in [1.165, 1.54) is 0 Å². The molecule has 0 saturated heterocycles. The molecule has 0 aliphatic rings. The van der Waals surface area contributed by atoms with Gasteiger partial charge in [0.05, 0.1) is 0 Å². The summed E-state index contributed by atoms with van der Waals surface area (Å²) in [6.45, 7) is 1.70. The molecule has 0 spiro atoms. The topological polar surface area (TPSA) is 55.1 Å². The van der Waals surface area contributed by atoms with Crippen molar-refractivity contribution in [2.75, 3.05) is 7.05 Å². The Labute approximate surface area is 104 Å². The van der Waals surface area contributed by atoms with E-state index in [9.17, 15) is 4.79 Å².